The number of amides is 1. The average molecular weight is 439 g/mol. The number of carbonyl (C=O) groups is 2. The number of carbonyl (C=O) groups excluding carboxylic acids is 2. The highest BCUT2D eigenvalue weighted by atomic mass is 35.5. The van der Waals surface area contributed by atoms with Crippen LogP contribution < -0.4 is 24.4 Å². The number of nitrogens with zero attached hydrogens (tertiary/aromatic N) is 3. The average Bonchev–Trinajstić information content (AvgIpc) is 2.75. The molecule has 0 atom stereocenters. The van der Waals surface area contributed by atoms with Crippen LogP contribution in [0.3, 0.4) is 0 Å². The highest BCUT2D eigenvalue weighted by Gasteiger charge is 2.15. The van der Waals surface area contributed by atoms with Gasteiger partial charge < -0.3 is 29.2 Å². The van der Waals surface area contributed by atoms with Gasteiger partial charge in [0.15, 0.2) is 29.1 Å². The smallest absolute Gasteiger partial charge is 0.326 e. The summed E-state index contributed by atoms with van der Waals surface area (Å²) in [7, 11) is 6.18. The lowest BCUT2D eigenvalue weighted by molar-refractivity contribution is -0.147. The number of aromatic nitrogens is 2. The number of hydrogen-bond acceptors (Lipinski definition) is 9. The second-order valence-electron chi connectivity index (χ2n) is 6.03. The molecule has 1 amide bonds. The fourth-order valence-electron chi connectivity index (χ4n) is 2.45. The molecule has 0 spiro atoms. The second kappa shape index (κ2) is 11.1. The first-order valence-electron chi connectivity index (χ1n) is 8.79. The summed E-state index contributed by atoms with van der Waals surface area (Å²) in [5, 5.41) is 10.5. The first-order chi connectivity index (χ1) is 14.4. The van der Waals surface area contributed by atoms with Crippen molar-refractivity contribution in [2.24, 2.45) is 0 Å². The molecule has 0 bridgehead atoms. The third kappa shape index (κ3) is 6.38. The lowest BCUT2D eigenvalue weighted by Gasteiger charge is -2.16. The van der Waals surface area contributed by atoms with Gasteiger partial charge in [0.2, 0.25) is 0 Å². The number of nitrogens with one attached hydrogen (secondary N) is 1. The van der Waals surface area contributed by atoms with E-state index < -0.39 is 18.5 Å². The first-order valence-corrected chi connectivity index (χ1v) is 9.17. The van der Waals surface area contributed by atoms with Gasteiger partial charge in [0.05, 0.1) is 21.3 Å². The first kappa shape index (κ1) is 23.0. The van der Waals surface area contributed by atoms with Gasteiger partial charge in [0, 0.05) is 25.2 Å². The predicted molar refractivity (Wildman–Crippen MR) is 109 cm³/mol. The molecular formula is C19H23ClN4O6. The van der Waals surface area contributed by atoms with E-state index in [-0.39, 0.29) is 18.2 Å². The third-order valence-corrected chi connectivity index (χ3v) is 4.20. The van der Waals surface area contributed by atoms with E-state index in [1.807, 2.05) is 0 Å². The number of benzene rings is 1. The van der Waals surface area contributed by atoms with Crippen molar-refractivity contribution in [1.29, 1.82) is 0 Å². The summed E-state index contributed by atoms with van der Waals surface area (Å²) < 4.78 is 20.8. The van der Waals surface area contributed by atoms with Crippen molar-refractivity contribution in [1.82, 2.24) is 15.5 Å². The number of anilines is 1. The summed E-state index contributed by atoms with van der Waals surface area (Å²) in [6.45, 7) is -0.373. The number of hydrogen-bond donors (Lipinski definition) is 1. The molecule has 1 N–H and O–H groups in total. The maximum atomic E-state index is 12.1. The van der Waals surface area contributed by atoms with Crippen molar-refractivity contribution < 1.29 is 28.5 Å². The quantitative estimate of drug-likeness (QED) is 0.550. The van der Waals surface area contributed by atoms with E-state index >= 15 is 0 Å². The van der Waals surface area contributed by atoms with Gasteiger partial charge in [-0.05, 0) is 18.2 Å². The molecule has 162 valence electrons. The Morgan fingerprint density at radius 1 is 1.03 bits per heavy atom. The Morgan fingerprint density at radius 2 is 1.70 bits per heavy atom. The summed E-state index contributed by atoms with van der Waals surface area (Å²) in [6, 6.07) is 6.54. The summed E-state index contributed by atoms with van der Waals surface area (Å²) >= 11 is 5.68. The molecule has 1 aromatic carbocycles. The largest absolute Gasteiger partial charge is 0.496 e. The maximum Gasteiger partial charge on any atom is 0.326 e. The molecule has 0 aliphatic carbocycles. The van der Waals surface area contributed by atoms with E-state index in [9.17, 15) is 9.59 Å². The molecule has 0 aliphatic heterocycles. The standard InChI is InChI=1S/C19H23ClN4O6/c1-24(17-6-5-16(20)22-23-17)10-19(26)30-11-18(25)21-9-12-7-14(28-3)15(29-4)8-13(12)27-2/h5-8H,9-11H2,1-4H3,(H,21,25). The molecule has 0 unspecified atom stereocenters. The minimum Gasteiger partial charge on any atom is -0.496 e. The number of methoxy groups -OCH3 is 3. The molecule has 10 nitrogen and oxygen atoms in total. The molecule has 11 heteroatoms. The number of likely N-dealkylation sites (N-methyl/N-ethyl adjacent to an activating group) is 1. The van der Waals surface area contributed by atoms with Crippen LogP contribution in [-0.4, -0.2) is 63.6 Å². The zero-order chi connectivity index (χ0) is 22.1. The number of rotatable bonds is 10. The molecule has 0 saturated carbocycles. The van der Waals surface area contributed by atoms with Gasteiger partial charge in [0.1, 0.15) is 12.3 Å². The van der Waals surface area contributed by atoms with Gasteiger partial charge in [0.25, 0.3) is 5.91 Å². The number of esters is 1. The van der Waals surface area contributed by atoms with Crippen LogP contribution in [0.2, 0.25) is 5.15 Å². The van der Waals surface area contributed by atoms with Crippen LogP contribution in [0.4, 0.5) is 5.82 Å². The van der Waals surface area contributed by atoms with Crippen molar-refractivity contribution >= 4 is 29.3 Å². The van der Waals surface area contributed by atoms with Crippen LogP contribution in [0.15, 0.2) is 24.3 Å². The minimum atomic E-state index is -0.590. The van der Waals surface area contributed by atoms with Gasteiger partial charge in [-0.15, -0.1) is 10.2 Å². The van der Waals surface area contributed by atoms with Crippen molar-refractivity contribution in [3.8, 4) is 17.2 Å². The summed E-state index contributed by atoms with van der Waals surface area (Å²) in [5.41, 5.74) is 0.677. The zero-order valence-electron chi connectivity index (χ0n) is 17.1. The zero-order valence-corrected chi connectivity index (χ0v) is 17.9. The second-order valence-corrected chi connectivity index (χ2v) is 6.41. The lowest BCUT2D eigenvalue weighted by atomic mass is 10.1. The highest BCUT2D eigenvalue weighted by Crippen LogP contribution is 2.34. The van der Waals surface area contributed by atoms with Gasteiger partial charge in [-0.25, -0.2) is 0 Å². The Kier molecular flexibility index (Phi) is 8.48. The highest BCUT2D eigenvalue weighted by molar-refractivity contribution is 6.29. The van der Waals surface area contributed by atoms with Crippen molar-refractivity contribution in [2.75, 3.05) is 46.4 Å². The molecule has 2 aromatic rings. The fourth-order valence-corrected chi connectivity index (χ4v) is 2.56. The summed E-state index contributed by atoms with van der Waals surface area (Å²) in [5.74, 6) is 0.925. The van der Waals surface area contributed by atoms with Crippen LogP contribution in [0.5, 0.6) is 17.2 Å². The van der Waals surface area contributed by atoms with Gasteiger partial charge in [-0.1, -0.05) is 11.6 Å². The molecule has 0 fully saturated rings. The molecule has 0 radical (unpaired) electrons. The van der Waals surface area contributed by atoms with Gasteiger partial charge >= 0.3 is 5.97 Å². The molecular weight excluding hydrogens is 416 g/mol. The van der Waals surface area contributed by atoms with E-state index in [0.29, 0.717) is 28.6 Å². The summed E-state index contributed by atoms with van der Waals surface area (Å²) in [4.78, 5) is 25.5. The molecule has 0 saturated heterocycles. The topological polar surface area (TPSA) is 112 Å². The van der Waals surface area contributed by atoms with Crippen LogP contribution in [0.1, 0.15) is 5.56 Å². The molecule has 2 rings (SSSR count). The molecule has 30 heavy (non-hydrogen) atoms. The fraction of sp³-hybridized carbons (Fsp3) is 0.368. The Hall–Kier alpha value is -3.27. The van der Waals surface area contributed by atoms with Gasteiger partial charge in [-0.2, -0.15) is 0 Å². The van der Waals surface area contributed by atoms with Crippen LogP contribution in [0, 0.1) is 0 Å². The van der Waals surface area contributed by atoms with Crippen molar-refractivity contribution in [3.05, 3.63) is 35.0 Å². The predicted octanol–water partition coefficient (Wildman–Crippen LogP) is 1.45. The summed E-state index contributed by atoms with van der Waals surface area (Å²) in [6.07, 6.45) is 0. The Bertz CT molecular complexity index is 878. The molecule has 1 aromatic heterocycles. The van der Waals surface area contributed by atoms with Crippen LogP contribution in [-0.2, 0) is 20.9 Å². The Balaban J connectivity index is 1.84. The van der Waals surface area contributed by atoms with E-state index in [2.05, 4.69) is 15.5 Å². The van der Waals surface area contributed by atoms with Crippen LogP contribution in [0.25, 0.3) is 0 Å². The monoisotopic (exact) mass is 438 g/mol. The van der Waals surface area contributed by atoms with E-state index in [1.165, 1.54) is 26.2 Å². The van der Waals surface area contributed by atoms with E-state index in [1.54, 1.807) is 31.3 Å². The normalized spacial score (nSPS) is 10.2. The molecule has 0 aliphatic rings. The Morgan fingerprint density at radius 3 is 2.30 bits per heavy atom. The Labute approximate surface area is 179 Å². The minimum absolute atomic E-state index is 0.104. The molecule has 1 heterocycles. The third-order valence-electron chi connectivity index (χ3n) is 4.00. The number of ether oxygens (including phenoxy) is 4. The van der Waals surface area contributed by atoms with Crippen LogP contribution >= 0.6 is 11.6 Å². The maximum absolute atomic E-state index is 12.1. The van der Waals surface area contributed by atoms with Gasteiger partial charge in [-0.3, -0.25) is 9.59 Å². The van der Waals surface area contributed by atoms with Crippen molar-refractivity contribution in [2.45, 2.75) is 6.54 Å². The number of halogens is 1. The lowest BCUT2D eigenvalue weighted by Crippen LogP contribution is -2.32. The van der Waals surface area contributed by atoms with E-state index in [4.69, 9.17) is 30.5 Å². The van der Waals surface area contributed by atoms with Crippen molar-refractivity contribution in [3.63, 3.8) is 0 Å². The SMILES string of the molecule is COc1cc(OC)c(OC)cc1CNC(=O)COC(=O)CN(C)c1ccc(Cl)nn1. The van der Waals surface area contributed by atoms with E-state index in [0.717, 1.165) is 0 Å².